The zero-order valence-electron chi connectivity index (χ0n) is 13.5. The summed E-state index contributed by atoms with van der Waals surface area (Å²) in [5, 5.41) is 13.9. The molecule has 1 atom stereocenters. The summed E-state index contributed by atoms with van der Waals surface area (Å²) in [5.74, 6) is 1.68. The molecule has 0 amide bonds. The van der Waals surface area contributed by atoms with Crippen molar-refractivity contribution in [2.75, 3.05) is 0 Å². The molecule has 7 heteroatoms. The molecule has 0 aliphatic heterocycles. The lowest BCUT2D eigenvalue weighted by Gasteiger charge is -2.09. The van der Waals surface area contributed by atoms with E-state index in [4.69, 9.17) is 4.52 Å². The Bertz CT molecular complexity index is 901. The predicted octanol–water partition coefficient (Wildman–Crippen LogP) is 3.87. The second-order valence-corrected chi connectivity index (χ2v) is 6.56. The van der Waals surface area contributed by atoms with Crippen molar-refractivity contribution in [1.82, 2.24) is 20.1 Å². The average Bonchev–Trinajstić information content (AvgIpc) is 3.05. The molecule has 0 fully saturated rings. The largest absolute Gasteiger partial charge is 0.338 e. The fourth-order valence-electron chi connectivity index (χ4n) is 2.22. The quantitative estimate of drug-likeness (QED) is 0.527. The first kappa shape index (κ1) is 16.1. The summed E-state index contributed by atoms with van der Waals surface area (Å²) in [5.41, 5.74) is 2.06. The van der Waals surface area contributed by atoms with Gasteiger partial charge < -0.3 is 4.52 Å². The fourth-order valence-corrected chi connectivity index (χ4v) is 3.25. The number of nitrogens with zero attached hydrogens (tertiary/aromatic N) is 5. The van der Waals surface area contributed by atoms with E-state index in [2.05, 4.69) is 26.2 Å². The van der Waals surface area contributed by atoms with Crippen LogP contribution in [-0.2, 0) is 0 Å². The summed E-state index contributed by atoms with van der Waals surface area (Å²) >= 11 is 1.41. The van der Waals surface area contributed by atoms with E-state index in [-0.39, 0.29) is 5.25 Å². The highest BCUT2D eigenvalue weighted by Gasteiger charge is 2.20. The van der Waals surface area contributed by atoms with Crippen LogP contribution in [0.1, 0.15) is 35.1 Å². The zero-order chi connectivity index (χ0) is 17.1. The summed E-state index contributed by atoms with van der Waals surface area (Å²) in [6, 6.07) is 11.8. The van der Waals surface area contributed by atoms with E-state index in [0.717, 1.165) is 5.56 Å². The van der Waals surface area contributed by atoms with Crippen LogP contribution in [0, 0.1) is 25.2 Å². The van der Waals surface area contributed by atoms with Gasteiger partial charge in [0.25, 0.3) is 0 Å². The van der Waals surface area contributed by atoms with Crippen LogP contribution in [0.3, 0.4) is 0 Å². The van der Waals surface area contributed by atoms with E-state index in [1.165, 1.54) is 11.8 Å². The second kappa shape index (κ2) is 6.81. The lowest BCUT2D eigenvalue weighted by atomic mass is 10.2. The molecule has 6 nitrogen and oxygen atoms in total. The average molecular weight is 337 g/mol. The van der Waals surface area contributed by atoms with Crippen LogP contribution >= 0.6 is 11.8 Å². The van der Waals surface area contributed by atoms with E-state index in [9.17, 15) is 5.26 Å². The van der Waals surface area contributed by atoms with Gasteiger partial charge in [-0.1, -0.05) is 47.3 Å². The van der Waals surface area contributed by atoms with Crippen molar-refractivity contribution in [3.05, 3.63) is 53.3 Å². The minimum absolute atomic E-state index is 0.129. The standard InChI is InChI=1S/C17H15N5OS/c1-10-14(9-18)17(20-12(3)19-10)24-11(2)16-21-15(22-23-16)13-7-5-4-6-8-13/h4-8,11H,1-3H3. The molecule has 0 N–H and O–H groups in total. The van der Waals surface area contributed by atoms with Gasteiger partial charge in [-0.15, -0.1) is 0 Å². The van der Waals surface area contributed by atoms with Gasteiger partial charge in [-0.3, -0.25) is 0 Å². The lowest BCUT2D eigenvalue weighted by molar-refractivity contribution is 0.380. The van der Waals surface area contributed by atoms with Crippen LogP contribution in [0.25, 0.3) is 11.4 Å². The topological polar surface area (TPSA) is 88.5 Å². The minimum Gasteiger partial charge on any atom is -0.338 e. The normalized spacial score (nSPS) is 11.9. The van der Waals surface area contributed by atoms with E-state index >= 15 is 0 Å². The minimum atomic E-state index is -0.129. The lowest BCUT2D eigenvalue weighted by Crippen LogP contribution is -2.00. The smallest absolute Gasteiger partial charge is 0.240 e. The summed E-state index contributed by atoms with van der Waals surface area (Å²) in [7, 11) is 0. The maximum absolute atomic E-state index is 9.33. The van der Waals surface area contributed by atoms with Crippen LogP contribution in [0.4, 0.5) is 0 Å². The third-order valence-corrected chi connectivity index (χ3v) is 4.46. The Morgan fingerprint density at radius 1 is 1.12 bits per heavy atom. The van der Waals surface area contributed by atoms with Crippen molar-refractivity contribution in [1.29, 1.82) is 5.26 Å². The molecule has 120 valence electrons. The Kier molecular flexibility index (Phi) is 4.58. The molecule has 0 aliphatic rings. The Morgan fingerprint density at radius 2 is 1.88 bits per heavy atom. The molecule has 3 aromatic rings. The summed E-state index contributed by atoms with van der Waals surface area (Å²) in [6.45, 7) is 5.56. The Labute approximate surface area is 144 Å². The van der Waals surface area contributed by atoms with Gasteiger partial charge in [0.15, 0.2) is 0 Å². The van der Waals surface area contributed by atoms with Gasteiger partial charge >= 0.3 is 0 Å². The van der Waals surface area contributed by atoms with E-state index in [1.54, 1.807) is 0 Å². The van der Waals surface area contributed by atoms with Crippen LogP contribution in [0.2, 0.25) is 0 Å². The number of aromatic nitrogens is 4. The van der Waals surface area contributed by atoms with Crippen LogP contribution < -0.4 is 0 Å². The van der Waals surface area contributed by atoms with Crippen molar-refractivity contribution >= 4 is 11.8 Å². The SMILES string of the molecule is Cc1nc(C)c(C#N)c(SC(C)c2nc(-c3ccccc3)no2)n1. The maximum atomic E-state index is 9.33. The summed E-state index contributed by atoms with van der Waals surface area (Å²) in [6.07, 6.45) is 0. The molecule has 24 heavy (non-hydrogen) atoms. The number of thioether (sulfide) groups is 1. The first-order chi connectivity index (χ1) is 11.6. The first-order valence-electron chi connectivity index (χ1n) is 7.39. The Morgan fingerprint density at radius 3 is 2.58 bits per heavy atom. The van der Waals surface area contributed by atoms with Crippen molar-refractivity contribution in [2.45, 2.75) is 31.0 Å². The maximum Gasteiger partial charge on any atom is 0.240 e. The second-order valence-electron chi connectivity index (χ2n) is 5.23. The first-order valence-corrected chi connectivity index (χ1v) is 8.27. The zero-order valence-corrected chi connectivity index (χ0v) is 14.3. The molecule has 0 radical (unpaired) electrons. The third-order valence-electron chi connectivity index (χ3n) is 3.39. The highest BCUT2D eigenvalue weighted by molar-refractivity contribution is 7.99. The molecule has 0 aliphatic carbocycles. The Balaban J connectivity index is 1.85. The molecule has 1 aromatic carbocycles. The van der Waals surface area contributed by atoms with E-state index in [0.29, 0.717) is 33.8 Å². The number of hydrogen-bond donors (Lipinski definition) is 0. The van der Waals surface area contributed by atoms with Gasteiger partial charge in [0.1, 0.15) is 22.5 Å². The van der Waals surface area contributed by atoms with Gasteiger partial charge in [0.05, 0.1) is 10.9 Å². The third kappa shape index (κ3) is 3.29. The van der Waals surface area contributed by atoms with E-state index < -0.39 is 0 Å². The molecule has 0 spiro atoms. The molecule has 2 aromatic heterocycles. The molecule has 0 saturated carbocycles. The summed E-state index contributed by atoms with van der Waals surface area (Å²) < 4.78 is 5.38. The molecule has 2 heterocycles. The number of hydrogen-bond acceptors (Lipinski definition) is 7. The molecule has 1 unspecified atom stereocenters. The van der Waals surface area contributed by atoms with Gasteiger partial charge in [0, 0.05) is 5.56 Å². The molecule has 0 saturated heterocycles. The fraction of sp³-hybridized carbons (Fsp3) is 0.235. The van der Waals surface area contributed by atoms with Crippen molar-refractivity contribution in [3.8, 4) is 17.5 Å². The Hall–Kier alpha value is -2.72. The predicted molar refractivity (Wildman–Crippen MR) is 90.2 cm³/mol. The monoisotopic (exact) mass is 337 g/mol. The van der Waals surface area contributed by atoms with Crippen molar-refractivity contribution in [3.63, 3.8) is 0 Å². The van der Waals surface area contributed by atoms with Gasteiger partial charge in [-0.25, -0.2) is 9.97 Å². The van der Waals surface area contributed by atoms with Crippen molar-refractivity contribution < 1.29 is 4.52 Å². The van der Waals surface area contributed by atoms with Gasteiger partial charge in [0.2, 0.25) is 11.7 Å². The highest BCUT2D eigenvalue weighted by atomic mass is 32.2. The molecular formula is C17H15N5OS. The molecule has 0 bridgehead atoms. The number of aryl methyl sites for hydroxylation is 2. The number of benzene rings is 1. The van der Waals surface area contributed by atoms with Crippen LogP contribution in [-0.4, -0.2) is 20.1 Å². The van der Waals surface area contributed by atoms with Crippen LogP contribution in [0.15, 0.2) is 39.9 Å². The number of rotatable bonds is 4. The van der Waals surface area contributed by atoms with Crippen LogP contribution in [0.5, 0.6) is 0 Å². The van der Waals surface area contributed by atoms with E-state index in [1.807, 2.05) is 51.1 Å². The van der Waals surface area contributed by atoms with Gasteiger partial charge in [-0.05, 0) is 20.8 Å². The van der Waals surface area contributed by atoms with Crippen molar-refractivity contribution in [2.24, 2.45) is 0 Å². The summed E-state index contributed by atoms with van der Waals surface area (Å²) in [4.78, 5) is 13.1. The van der Waals surface area contributed by atoms with Gasteiger partial charge in [-0.2, -0.15) is 10.2 Å². The molecular weight excluding hydrogens is 322 g/mol. The molecule has 3 rings (SSSR count). The number of nitriles is 1. The highest BCUT2D eigenvalue weighted by Crippen LogP contribution is 2.35.